The Bertz CT molecular complexity index is 1310. The molecule has 0 spiro atoms. The molecule has 4 aromatic rings. The third kappa shape index (κ3) is 3.43. The summed E-state index contributed by atoms with van der Waals surface area (Å²) in [5, 5.41) is 12.2. The van der Waals surface area contributed by atoms with Crippen molar-refractivity contribution in [1.29, 1.82) is 0 Å². The van der Waals surface area contributed by atoms with E-state index in [0.717, 1.165) is 10.9 Å². The lowest BCUT2D eigenvalue weighted by molar-refractivity contribution is -0.135. The normalized spacial score (nSPS) is 17.9. The largest absolute Gasteiger partial charge is 0.453 e. The average Bonchev–Trinajstić information content (AvgIpc) is 3.34. The molecule has 5 rings (SSSR count). The maximum absolute atomic E-state index is 13.3. The average molecular weight is 423 g/mol. The highest BCUT2D eigenvalue weighted by molar-refractivity contribution is 6.11. The molecule has 5 nitrogen and oxygen atoms in total. The summed E-state index contributed by atoms with van der Waals surface area (Å²) < 4.78 is 5.65. The number of hydrogen-bond donors (Lipinski definition) is 1. The molecule has 1 aliphatic rings. The van der Waals surface area contributed by atoms with Crippen LogP contribution in [0.2, 0.25) is 0 Å². The number of benzene rings is 3. The predicted octanol–water partition coefficient (Wildman–Crippen LogP) is 4.95. The third-order valence-electron chi connectivity index (χ3n) is 5.75. The maximum Gasteiger partial charge on any atom is 0.264 e. The van der Waals surface area contributed by atoms with E-state index >= 15 is 0 Å². The summed E-state index contributed by atoms with van der Waals surface area (Å²) in [5.41, 5.74) is 0.710. The molecule has 2 heterocycles. The molecule has 1 N–H and O–H groups in total. The van der Waals surface area contributed by atoms with Crippen LogP contribution < -0.4 is 4.90 Å². The Balaban J connectivity index is 1.42. The molecule has 1 aromatic heterocycles. The van der Waals surface area contributed by atoms with Gasteiger partial charge in [0.15, 0.2) is 11.4 Å². The number of carbonyl (C=O) groups is 2. The fourth-order valence-electron chi connectivity index (χ4n) is 4.16. The van der Waals surface area contributed by atoms with E-state index in [1.807, 2.05) is 66.7 Å². The second-order valence-corrected chi connectivity index (χ2v) is 7.85. The Labute approximate surface area is 185 Å². The Morgan fingerprint density at radius 2 is 1.69 bits per heavy atom. The SMILES string of the molecule is O=C(CC1(O)C(=O)N(CC=Cc2ccccc2)c2ccccc21)c1cc2ccccc2o1. The van der Waals surface area contributed by atoms with Crippen LogP contribution in [0.3, 0.4) is 0 Å². The highest BCUT2D eigenvalue weighted by Gasteiger charge is 2.50. The van der Waals surface area contributed by atoms with Gasteiger partial charge in [0, 0.05) is 17.5 Å². The molecule has 5 heteroatoms. The Morgan fingerprint density at radius 3 is 2.50 bits per heavy atom. The van der Waals surface area contributed by atoms with Gasteiger partial charge in [-0.1, -0.05) is 78.9 Å². The Hall–Kier alpha value is -3.96. The molecule has 0 saturated heterocycles. The van der Waals surface area contributed by atoms with E-state index in [-0.39, 0.29) is 18.7 Å². The number of amides is 1. The number of carbonyl (C=O) groups excluding carboxylic acids is 2. The van der Waals surface area contributed by atoms with Crippen LogP contribution in [0, 0.1) is 0 Å². The van der Waals surface area contributed by atoms with Gasteiger partial charge in [-0.25, -0.2) is 0 Å². The minimum absolute atomic E-state index is 0.132. The van der Waals surface area contributed by atoms with Gasteiger partial charge in [-0.3, -0.25) is 9.59 Å². The molecule has 1 unspecified atom stereocenters. The smallest absolute Gasteiger partial charge is 0.264 e. The highest BCUT2D eigenvalue weighted by atomic mass is 16.3. The van der Waals surface area contributed by atoms with Crippen molar-refractivity contribution in [3.8, 4) is 0 Å². The van der Waals surface area contributed by atoms with Crippen LogP contribution in [-0.2, 0) is 10.4 Å². The molecule has 1 amide bonds. The first kappa shape index (κ1) is 20.0. The molecular formula is C27H21NO4. The van der Waals surface area contributed by atoms with Crippen LogP contribution in [0.5, 0.6) is 0 Å². The molecule has 0 radical (unpaired) electrons. The first-order valence-electron chi connectivity index (χ1n) is 10.4. The van der Waals surface area contributed by atoms with E-state index in [1.165, 1.54) is 4.90 Å². The molecular weight excluding hydrogens is 402 g/mol. The zero-order chi connectivity index (χ0) is 22.1. The summed E-state index contributed by atoms with van der Waals surface area (Å²) in [4.78, 5) is 27.8. The first-order valence-corrected chi connectivity index (χ1v) is 10.4. The lowest BCUT2D eigenvalue weighted by Crippen LogP contribution is -2.41. The number of nitrogens with zero attached hydrogens (tertiary/aromatic N) is 1. The molecule has 3 aromatic carbocycles. The number of Topliss-reactive ketones (excluding diaryl/α,β-unsaturated/α-hetero) is 1. The van der Waals surface area contributed by atoms with Crippen LogP contribution in [-0.4, -0.2) is 23.3 Å². The number of para-hydroxylation sites is 2. The van der Waals surface area contributed by atoms with E-state index in [9.17, 15) is 14.7 Å². The van der Waals surface area contributed by atoms with Crippen molar-refractivity contribution < 1.29 is 19.1 Å². The van der Waals surface area contributed by atoms with Gasteiger partial charge in [0.25, 0.3) is 5.91 Å². The Morgan fingerprint density at radius 1 is 0.969 bits per heavy atom. The molecule has 0 bridgehead atoms. The van der Waals surface area contributed by atoms with Crippen molar-refractivity contribution in [3.05, 3.63) is 108 Å². The van der Waals surface area contributed by atoms with Gasteiger partial charge in [0.05, 0.1) is 12.1 Å². The minimum Gasteiger partial charge on any atom is -0.453 e. The van der Waals surface area contributed by atoms with Crippen molar-refractivity contribution in [2.75, 3.05) is 11.4 Å². The lowest BCUT2D eigenvalue weighted by atomic mass is 9.89. The first-order chi connectivity index (χ1) is 15.6. The van der Waals surface area contributed by atoms with E-state index in [2.05, 4.69) is 0 Å². The number of furan rings is 1. The molecule has 32 heavy (non-hydrogen) atoms. The third-order valence-corrected chi connectivity index (χ3v) is 5.75. The van der Waals surface area contributed by atoms with Crippen molar-refractivity contribution in [2.24, 2.45) is 0 Å². The van der Waals surface area contributed by atoms with Crippen molar-refractivity contribution in [2.45, 2.75) is 12.0 Å². The number of ketones is 1. The fourth-order valence-corrected chi connectivity index (χ4v) is 4.16. The molecule has 1 aliphatic heterocycles. The van der Waals surface area contributed by atoms with Crippen molar-refractivity contribution >= 4 is 34.4 Å². The van der Waals surface area contributed by atoms with Crippen LogP contribution in [0.15, 0.2) is 95.4 Å². The quantitative estimate of drug-likeness (QED) is 0.445. The van der Waals surface area contributed by atoms with Crippen LogP contribution in [0.4, 0.5) is 5.69 Å². The molecule has 1 atom stereocenters. The standard InChI is InChI=1S/C27H21NO4/c29-23(25-17-20-12-4-7-15-24(20)32-25)18-27(31)21-13-5-6-14-22(21)28(26(27)30)16-8-11-19-9-2-1-3-10-19/h1-15,17,31H,16,18H2. The molecule has 0 aliphatic carbocycles. The summed E-state index contributed by atoms with van der Waals surface area (Å²) >= 11 is 0. The maximum atomic E-state index is 13.3. The topological polar surface area (TPSA) is 70.8 Å². The number of rotatable bonds is 6. The number of fused-ring (bicyclic) bond motifs is 2. The summed E-state index contributed by atoms with van der Waals surface area (Å²) in [5.74, 6) is -0.804. The second-order valence-electron chi connectivity index (χ2n) is 7.85. The van der Waals surface area contributed by atoms with Crippen molar-refractivity contribution in [1.82, 2.24) is 0 Å². The van der Waals surface area contributed by atoms with Gasteiger partial charge < -0.3 is 14.4 Å². The second kappa shape index (κ2) is 7.94. The van der Waals surface area contributed by atoms with E-state index in [0.29, 0.717) is 16.8 Å². The zero-order valence-electron chi connectivity index (χ0n) is 17.3. The van der Waals surface area contributed by atoms with Gasteiger partial charge >= 0.3 is 0 Å². The summed E-state index contributed by atoms with van der Waals surface area (Å²) in [6.45, 7) is 0.284. The van der Waals surface area contributed by atoms with Crippen LogP contribution >= 0.6 is 0 Å². The minimum atomic E-state index is -1.94. The Kier molecular flexibility index (Phi) is 4.96. The van der Waals surface area contributed by atoms with Gasteiger partial charge in [0.1, 0.15) is 5.58 Å². The zero-order valence-corrected chi connectivity index (χ0v) is 17.3. The van der Waals surface area contributed by atoms with Gasteiger partial charge in [-0.15, -0.1) is 0 Å². The highest BCUT2D eigenvalue weighted by Crippen LogP contribution is 2.43. The van der Waals surface area contributed by atoms with E-state index in [1.54, 1.807) is 30.3 Å². The fraction of sp³-hybridized carbons (Fsp3) is 0.111. The molecule has 0 saturated carbocycles. The van der Waals surface area contributed by atoms with E-state index < -0.39 is 17.3 Å². The number of hydrogen-bond acceptors (Lipinski definition) is 4. The number of anilines is 1. The lowest BCUT2D eigenvalue weighted by Gasteiger charge is -2.21. The van der Waals surface area contributed by atoms with Gasteiger partial charge in [-0.05, 0) is 23.8 Å². The summed E-state index contributed by atoms with van der Waals surface area (Å²) in [6.07, 6.45) is 3.41. The number of aliphatic hydroxyl groups is 1. The molecule has 158 valence electrons. The van der Waals surface area contributed by atoms with Crippen LogP contribution in [0.25, 0.3) is 17.0 Å². The van der Waals surface area contributed by atoms with Crippen molar-refractivity contribution in [3.63, 3.8) is 0 Å². The summed E-state index contributed by atoms with van der Waals surface area (Å²) in [6, 6.07) is 25.8. The molecule has 0 fully saturated rings. The van der Waals surface area contributed by atoms with Crippen LogP contribution in [0.1, 0.15) is 28.1 Å². The summed E-state index contributed by atoms with van der Waals surface area (Å²) in [7, 11) is 0. The van der Waals surface area contributed by atoms with Gasteiger partial charge in [-0.2, -0.15) is 0 Å². The monoisotopic (exact) mass is 423 g/mol. The predicted molar refractivity (Wildman–Crippen MR) is 123 cm³/mol. The van der Waals surface area contributed by atoms with E-state index in [4.69, 9.17) is 4.42 Å². The van der Waals surface area contributed by atoms with Gasteiger partial charge in [0.2, 0.25) is 5.78 Å².